The van der Waals surface area contributed by atoms with E-state index in [9.17, 15) is 0 Å². The molecule has 0 aliphatic rings. The first-order chi connectivity index (χ1) is 5.47. The predicted octanol–water partition coefficient (Wildman–Crippen LogP) is 3.58. The molecule has 1 rings (SSSR count). The minimum atomic E-state index is 0.397. The van der Waals surface area contributed by atoms with Gasteiger partial charge in [-0.15, -0.1) is 0 Å². The van der Waals surface area contributed by atoms with E-state index in [4.69, 9.17) is 0 Å². The normalized spacial score (nSPS) is 11.7. The molecule has 0 aromatic heterocycles. The summed E-state index contributed by atoms with van der Waals surface area (Å²) in [6, 6.07) is 8.76. The molecule has 0 heteroatoms. The minimum absolute atomic E-state index is 0.397. The zero-order chi connectivity index (χ0) is 9.19. The molecule has 0 bridgehead atoms. The van der Waals surface area contributed by atoms with Crippen molar-refractivity contribution < 1.29 is 0 Å². The molecule has 1 aromatic carbocycles. The van der Waals surface area contributed by atoms with E-state index in [0.29, 0.717) is 5.41 Å². The van der Waals surface area contributed by atoms with Gasteiger partial charge in [-0.05, 0) is 24.3 Å². The third kappa shape index (κ3) is 3.08. The fourth-order valence-corrected chi connectivity index (χ4v) is 1.43. The Labute approximate surface area is 75.6 Å². The quantitative estimate of drug-likeness (QED) is 0.592. The highest BCUT2D eigenvalue weighted by Crippen LogP contribution is 2.20. The summed E-state index contributed by atoms with van der Waals surface area (Å²) in [5.41, 5.74) is 3.20. The molecule has 0 heterocycles. The van der Waals surface area contributed by atoms with Gasteiger partial charge in [0.25, 0.3) is 0 Å². The van der Waals surface area contributed by atoms with Gasteiger partial charge in [-0.2, -0.15) is 0 Å². The van der Waals surface area contributed by atoms with Crippen LogP contribution < -0.4 is 0 Å². The SMILES string of the molecule is Cc1cccc(CC(C)(C)C)c1. The van der Waals surface area contributed by atoms with Crippen molar-refractivity contribution in [2.24, 2.45) is 5.41 Å². The summed E-state index contributed by atoms with van der Waals surface area (Å²) in [6.45, 7) is 8.96. The molecule has 0 N–H and O–H groups in total. The average Bonchev–Trinajstić information content (AvgIpc) is 1.82. The largest absolute Gasteiger partial charge is 0.0617 e. The monoisotopic (exact) mass is 162 g/mol. The first-order valence-corrected chi connectivity index (χ1v) is 4.53. The van der Waals surface area contributed by atoms with Crippen molar-refractivity contribution in [1.82, 2.24) is 0 Å². The van der Waals surface area contributed by atoms with Gasteiger partial charge in [0.05, 0.1) is 0 Å². The van der Waals surface area contributed by atoms with Crippen LogP contribution in [0.3, 0.4) is 0 Å². The van der Waals surface area contributed by atoms with Gasteiger partial charge in [0, 0.05) is 0 Å². The Morgan fingerprint density at radius 1 is 1.17 bits per heavy atom. The van der Waals surface area contributed by atoms with Crippen molar-refractivity contribution in [2.75, 3.05) is 0 Å². The molecule has 0 fully saturated rings. The van der Waals surface area contributed by atoms with E-state index >= 15 is 0 Å². The lowest BCUT2D eigenvalue weighted by Gasteiger charge is -2.18. The summed E-state index contributed by atoms with van der Waals surface area (Å²) in [6.07, 6.45) is 1.16. The second kappa shape index (κ2) is 3.30. The Bertz CT molecular complexity index is 253. The maximum absolute atomic E-state index is 2.27. The van der Waals surface area contributed by atoms with E-state index in [2.05, 4.69) is 52.0 Å². The molecular weight excluding hydrogens is 144 g/mol. The average molecular weight is 162 g/mol. The van der Waals surface area contributed by atoms with Crippen molar-refractivity contribution in [1.29, 1.82) is 0 Å². The van der Waals surface area contributed by atoms with Gasteiger partial charge in [0.1, 0.15) is 0 Å². The minimum Gasteiger partial charge on any atom is -0.0617 e. The fourth-order valence-electron chi connectivity index (χ4n) is 1.43. The van der Waals surface area contributed by atoms with Crippen molar-refractivity contribution in [2.45, 2.75) is 34.1 Å². The first-order valence-electron chi connectivity index (χ1n) is 4.53. The van der Waals surface area contributed by atoms with Crippen LogP contribution in [0.2, 0.25) is 0 Å². The van der Waals surface area contributed by atoms with E-state index < -0.39 is 0 Å². The van der Waals surface area contributed by atoms with E-state index in [1.165, 1.54) is 11.1 Å². The second-order valence-corrected chi connectivity index (χ2v) is 4.73. The standard InChI is InChI=1S/C12H18/c1-10-6-5-7-11(8-10)9-12(2,3)4/h5-8H,9H2,1-4H3. The predicted molar refractivity (Wildman–Crippen MR) is 54.3 cm³/mol. The van der Waals surface area contributed by atoms with Crippen LogP contribution in [0.25, 0.3) is 0 Å². The number of hydrogen-bond donors (Lipinski definition) is 0. The highest BCUT2D eigenvalue weighted by molar-refractivity contribution is 5.22. The molecule has 1 aromatic rings. The summed E-state index contributed by atoms with van der Waals surface area (Å²) in [5, 5.41) is 0. The number of rotatable bonds is 1. The number of aryl methyl sites for hydroxylation is 1. The van der Waals surface area contributed by atoms with E-state index in [1.807, 2.05) is 0 Å². The summed E-state index contributed by atoms with van der Waals surface area (Å²) < 4.78 is 0. The van der Waals surface area contributed by atoms with Crippen LogP contribution >= 0.6 is 0 Å². The van der Waals surface area contributed by atoms with Gasteiger partial charge in [-0.1, -0.05) is 50.6 Å². The fraction of sp³-hybridized carbons (Fsp3) is 0.500. The first kappa shape index (κ1) is 9.31. The van der Waals surface area contributed by atoms with Crippen LogP contribution in [0.5, 0.6) is 0 Å². The van der Waals surface area contributed by atoms with Crippen LogP contribution in [0.1, 0.15) is 31.9 Å². The highest BCUT2D eigenvalue weighted by Gasteiger charge is 2.10. The van der Waals surface area contributed by atoms with Gasteiger partial charge in [0.15, 0.2) is 0 Å². The Kier molecular flexibility index (Phi) is 2.56. The lowest BCUT2D eigenvalue weighted by Crippen LogP contribution is -2.08. The molecule has 0 radical (unpaired) electrons. The van der Waals surface area contributed by atoms with Gasteiger partial charge in [0.2, 0.25) is 0 Å². The zero-order valence-corrected chi connectivity index (χ0v) is 8.52. The van der Waals surface area contributed by atoms with Gasteiger partial charge in [-0.3, -0.25) is 0 Å². The van der Waals surface area contributed by atoms with Gasteiger partial charge >= 0.3 is 0 Å². The van der Waals surface area contributed by atoms with E-state index in [1.54, 1.807) is 0 Å². The molecule has 0 saturated heterocycles. The maximum atomic E-state index is 2.27. The molecule has 66 valence electrons. The second-order valence-electron chi connectivity index (χ2n) is 4.73. The summed E-state index contributed by atoms with van der Waals surface area (Å²) in [7, 11) is 0. The molecule has 0 saturated carbocycles. The molecule has 0 nitrogen and oxygen atoms in total. The lowest BCUT2D eigenvalue weighted by atomic mass is 9.88. The third-order valence-corrected chi connectivity index (χ3v) is 1.82. The van der Waals surface area contributed by atoms with Gasteiger partial charge < -0.3 is 0 Å². The molecule has 0 spiro atoms. The molecule has 0 aliphatic carbocycles. The van der Waals surface area contributed by atoms with Crippen molar-refractivity contribution in [3.63, 3.8) is 0 Å². The van der Waals surface area contributed by atoms with Crippen molar-refractivity contribution >= 4 is 0 Å². The van der Waals surface area contributed by atoms with Crippen LogP contribution in [0, 0.1) is 12.3 Å². The zero-order valence-electron chi connectivity index (χ0n) is 8.52. The van der Waals surface area contributed by atoms with Crippen LogP contribution in [-0.2, 0) is 6.42 Å². The lowest BCUT2D eigenvalue weighted by molar-refractivity contribution is 0.411. The van der Waals surface area contributed by atoms with Crippen LogP contribution in [0.15, 0.2) is 24.3 Å². The Balaban J connectivity index is 2.77. The van der Waals surface area contributed by atoms with Crippen LogP contribution in [0.4, 0.5) is 0 Å². The molecule has 0 atom stereocenters. The Morgan fingerprint density at radius 3 is 2.33 bits per heavy atom. The third-order valence-electron chi connectivity index (χ3n) is 1.82. The molecular formula is C12H18. The van der Waals surface area contributed by atoms with E-state index in [0.717, 1.165) is 6.42 Å². The summed E-state index contributed by atoms with van der Waals surface area (Å²) in [5.74, 6) is 0. The Morgan fingerprint density at radius 2 is 1.83 bits per heavy atom. The molecule has 0 unspecified atom stereocenters. The molecule has 0 amide bonds. The van der Waals surface area contributed by atoms with E-state index in [-0.39, 0.29) is 0 Å². The summed E-state index contributed by atoms with van der Waals surface area (Å²) >= 11 is 0. The summed E-state index contributed by atoms with van der Waals surface area (Å²) in [4.78, 5) is 0. The highest BCUT2D eigenvalue weighted by atomic mass is 14.2. The van der Waals surface area contributed by atoms with Crippen LogP contribution in [-0.4, -0.2) is 0 Å². The topological polar surface area (TPSA) is 0 Å². The van der Waals surface area contributed by atoms with Crippen molar-refractivity contribution in [3.05, 3.63) is 35.4 Å². The molecule has 12 heavy (non-hydrogen) atoms. The maximum Gasteiger partial charge on any atom is -0.0230 e. The number of benzene rings is 1. The van der Waals surface area contributed by atoms with Crippen molar-refractivity contribution in [3.8, 4) is 0 Å². The van der Waals surface area contributed by atoms with Gasteiger partial charge in [-0.25, -0.2) is 0 Å². The number of hydrogen-bond acceptors (Lipinski definition) is 0. The molecule has 0 aliphatic heterocycles. The Hall–Kier alpha value is -0.780. The smallest absolute Gasteiger partial charge is 0.0230 e.